The minimum Gasteiger partial charge on any atom is -0.298 e. The average molecular weight is 154 g/mol. The Bertz CT molecular complexity index is 134. The van der Waals surface area contributed by atoms with Crippen molar-refractivity contribution >= 4 is 6.21 Å². The summed E-state index contributed by atoms with van der Waals surface area (Å²) in [4.78, 5) is 0. The molecule has 0 N–H and O–H groups in total. The summed E-state index contributed by atoms with van der Waals surface area (Å²) in [5, 5.41) is 6.24. The summed E-state index contributed by atoms with van der Waals surface area (Å²) in [5.41, 5.74) is 1.08. The number of rotatable bonds is 5. The van der Waals surface area contributed by atoms with Gasteiger partial charge in [0.05, 0.1) is 0 Å². The van der Waals surface area contributed by atoms with Gasteiger partial charge in [0.25, 0.3) is 0 Å². The fraction of sp³-hybridized carbons (Fsp3) is 0.667. The lowest BCUT2D eigenvalue weighted by Crippen LogP contribution is -2.15. The van der Waals surface area contributed by atoms with Gasteiger partial charge in [0, 0.05) is 19.3 Å². The molecule has 0 aliphatic rings. The number of nitrogens with zero attached hydrogens (tertiary/aromatic N) is 2. The first-order chi connectivity index (χ1) is 5.24. The van der Waals surface area contributed by atoms with Crippen LogP contribution in [0.15, 0.2) is 17.3 Å². The van der Waals surface area contributed by atoms with Crippen LogP contribution in [-0.4, -0.2) is 24.3 Å². The second kappa shape index (κ2) is 5.96. The quantitative estimate of drug-likeness (QED) is 0.438. The molecule has 0 aliphatic carbocycles. The third-order valence-corrected chi connectivity index (χ3v) is 1.59. The summed E-state index contributed by atoms with van der Waals surface area (Å²) in [6, 6.07) is 0. The molecule has 2 nitrogen and oxygen atoms in total. The standard InChI is InChI=1S/C9H18N2/c1-5-9(4)8-10-11(6-2)7-3/h8H,4-7H2,1-3H3. The molecule has 0 radical (unpaired) electrons. The first kappa shape index (κ1) is 10.2. The van der Waals surface area contributed by atoms with Crippen LogP contribution in [0.2, 0.25) is 0 Å². The predicted molar refractivity (Wildman–Crippen MR) is 50.8 cm³/mol. The van der Waals surface area contributed by atoms with Gasteiger partial charge in [0.1, 0.15) is 0 Å². The number of hydrogen-bond acceptors (Lipinski definition) is 2. The molecular weight excluding hydrogens is 136 g/mol. The summed E-state index contributed by atoms with van der Waals surface area (Å²) in [6.07, 6.45) is 2.82. The van der Waals surface area contributed by atoms with Gasteiger partial charge in [-0.3, -0.25) is 5.01 Å². The normalized spacial score (nSPS) is 10.5. The summed E-state index contributed by atoms with van der Waals surface area (Å²) >= 11 is 0. The minimum atomic E-state index is 0.962. The van der Waals surface area contributed by atoms with Crippen molar-refractivity contribution < 1.29 is 0 Å². The topological polar surface area (TPSA) is 15.6 Å². The SMILES string of the molecule is C=C(C=NN(CC)CC)CC. The van der Waals surface area contributed by atoms with Crippen LogP contribution < -0.4 is 0 Å². The molecule has 0 saturated heterocycles. The molecule has 0 fully saturated rings. The molecule has 0 aliphatic heterocycles. The van der Waals surface area contributed by atoms with E-state index in [0.29, 0.717) is 0 Å². The van der Waals surface area contributed by atoms with Crippen molar-refractivity contribution in [1.82, 2.24) is 5.01 Å². The molecule has 2 heteroatoms. The Morgan fingerprint density at radius 1 is 1.36 bits per heavy atom. The lowest BCUT2D eigenvalue weighted by atomic mass is 10.3. The van der Waals surface area contributed by atoms with Crippen molar-refractivity contribution in [2.75, 3.05) is 13.1 Å². The summed E-state index contributed by atoms with van der Waals surface area (Å²) in [6.45, 7) is 12.0. The summed E-state index contributed by atoms with van der Waals surface area (Å²) < 4.78 is 0. The van der Waals surface area contributed by atoms with Crippen molar-refractivity contribution in [1.29, 1.82) is 0 Å². The highest BCUT2D eigenvalue weighted by Gasteiger charge is 1.89. The zero-order valence-electron chi connectivity index (χ0n) is 7.80. The summed E-state index contributed by atoms with van der Waals surface area (Å²) in [7, 11) is 0. The van der Waals surface area contributed by atoms with E-state index >= 15 is 0 Å². The highest BCUT2D eigenvalue weighted by atomic mass is 15.4. The number of hydrogen-bond donors (Lipinski definition) is 0. The number of allylic oxidation sites excluding steroid dienone is 1. The van der Waals surface area contributed by atoms with Crippen molar-refractivity contribution in [2.45, 2.75) is 27.2 Å². The van der Waals surface area contributed by atoms with Gasteiger partial charge in [-0.1, -0.05) is 13.5 Å². The monoisotopic (exact) mass is 154 g/mol. The number of hydrazone groups is 1. The van der Waals surface area contributed by atoms with Crippen LogP contribution in [0.3, 0.4) is 0 Å². The highest BCUT2D eigenvalue weighted by molar-refractivity contribution is 5.77. The second-order valence-electron chi connectivity index (χ2n) is 2.40. The van der Waals surface area contributed by atoms with Crippen molar-refractivity contribution in [3.05, 3.63) is 12.2 Å². The van der Waals surface area contributed by atoms with E-state index in [1.165, 1.54) is 0 Å². The highest BCUT2D eigenvalue weighted by Crippen LogP contribution is 1.93. The third-order valence-electron chi connectivity index (χ3n) is 1.59. The fourth-order valence-corrected chi connectivity index (χ4v) is 0.641. The first-order valence-corrected chi connectivity index (χ1v) is 4.21. The lowest BCUT2D eigenvalue weighted by Gasteiger charge is -2.12. The molecule has 64 valence electrons. The molecule has 0 unspecified atom stereocenters. The second-order valence-corrected chi connectivity index (χ2v) is 2.40. The first-order valence-electron chi connectivity index (χ1n) is 4.21. The van der Waals surface area contributed by atoms with Crippen molar-refractivity contribution in [2.24, 2.45) is 5.10 Å². The average Bonchev–Trinajstić information content (AvgIpc) is 2.06. The zero-order chi connectivity index (χ0) is 8.69. The van der Waals surface area contributed by atoms with Gasteiger partial charge in [-0.05, 0) is 25.8 Å². The molecule has 11 heavy (non-hydrogen) atoms. The Labute approximate surface area is 69.6 Å². The third kappa shape index (κ3) is 4.59. The van der Waals surface area contributed by atoms with Gasteiger partial charge < -0.3 is 0 Å². The smallest absolute Gasteiger partial charge is 0.0496 e. The fourth-order valence-electron chi connectivity index (χ4n) is 0.641. The Balaban J connectivity index is 3.78. The summed E-state index contributed by atoms with van der Waals surface area (Å²) in [5.74, 6) is 0. The maximum absolute atomic E-state index is 4.24. The molecule has 0 rings (SSSR count). The lowest BCUT2D eigenvalue weighted by molar-refractivity contribution is 0.323. The molecule has 0 aromatic carbocycles. The van der Waals surface area contributed by atoms with E-state index in [2.05, 4.69) is 32.5 Å². The van der Waals surface area contributed by atoms with E-state index in [1.54, 1.807) is 0 Å². The van der Waals surface area contributed by atoms with E-state index in [4.69, 9.17) is 0 Å². The largest absolute Gasteiger partial charge is 0.298 e. The molecule has 0 aromatic heterocycles. The van der Waals surface area contributed by atoms with Crippen LogP contribution in [0.5, 0.6) is 0 Å². The molecule has 0 saturated carbocycles. The molecule has 0 heterocycles. The van der Waals surface area contributed by atoms with Gasteiger partial charge in [-0.25, -0.2) is 0 Å². The van der Waals surface area contributed by atoms with Crippen LogP contribution in [0.1, 0.15) is 27.2 Å². The Morgan fingerprint density at radius 3 is 2.27 bits per heavy atom. The Morgan fingerprint density at radius 2 is 1.91 bits per heavy atom. The van der Waals surface area contributed by atoms with Crippen LogP contribution in [0, 0.1) is 0 Å². The Kier molecular flexibility index (Phi) is 5.53. The van der Waals surface area contributed by atoms with E-state index in [-0.39, 0.29) is 0 Å². The van der Waals surface area contributed by atoms with Gasteiger partial charge in [-0.15, -0.1) is 0 Å². The maximum atomic E-state index is 4.24. The van der Waals surface area contributed by atoms with Gasteiger partial charge >= 0.3 is 0 Å². The van der Waals surface area contributed by atoms with Crippen LogP contribution >= 0.6 is 0 Å². The van der Waals surface area contributed by atoms with Crippen molar-refractivity contribution in [3.63, 3.8) is 0 Å². The van der Waals surface area contributed by atoms with Gasteiger partial charge in [0.2, 0.25) is 0 Å². The van der Waals surface area contributed by atoms with E-state index in [1.807, 2.05) is 11.2 Å². The molecule has 0 amide bonds. The predicted octanol–water partition coefficient (Wildman–Crippen LogP) is 2.28. The van der Waals surface area contributed by atoms with Crippen LogP contribution in [-0.2, 0) is 0 Å². The minimum absolute atomic E-state index is 0.962. The molecule has 0 aromatic rings. The van der Waals surface area contributed by atoms with E-state index in [9.17, 15) is 0 Å². The zero-order valence-corrected chi connectivity index (χ0v) is 7.80. The maximum Gasteiger partial charge on any atom is 0.0496 e. The van der Waals surface area contributed by atoms with Crippen molar-refractivity contribution in [3.8, 4) is 0 Å². The van der Waals surface area contributed by atoms with E-state index in [0.717, 1.165) is 25.1 Å². The van der Waals surface area contributed by atoms with Crippen LogP contribution in [0.25, 0.3) is 0 Å². The molecule has 0 bridgehead atoms. The van der Waals surface area contributed by atoms with E-state index < -0.39 is 0 Å². The molecule has 0 atom stereocenters. The molecule has 0 spiro atoms. The Hall–Kier alpha value is -0.790. The van der Waals surface area contributed by atoms with Gasteiger partial charge in [0.15, 0.2) is 0 Å². The van der Waals surface area contributed by atoms with Gasteiger partial charge in [-0.2, -0.15) is 5.10 Å². The van der Waals surface area contributed by atoms with Crippen LogP contribution in [0.4, 0.5) is 0 Å². The molecular formula is C9H18N2.